The van der Waals surface area contributed by atoms with Gasteiger partial charge in [-0.15, -0.1) is 0 Å². The Morgan fingerprint density at radius 1 is 1.00 bits per heavy atom. The van der Waals surface area contributed by atoms with E-state index in [1.165, 1.54) is 17.2 Å². The fraction of sp³-hybridized carbons (Fsp3) is 0.400. The molecule has 5 aromatic rings. The highest BCUT2D eigenvalue weighted by atomic mass is 35.5. The average Bonchev–Trinajstić information content (AvgIpc) is 3.79. The molecule has 0 radical (unpaired) electrons. The molecule has 2 aromatic carbocycles. The molecule has 1 aliphatic carbocycles. The van der Waals surface area contributed by atoms with E-state index in [-0.39, 0.29) is 35.3 Å². The van der Waals surface area contributed by atoms with E-state index >= 15 is 0 Å². The number of fused-ring (bicyclic) bond motifs is 2. The number of carbonyl (C=O) groups excluding carboxylic acids is 1. The van der Waals surface area contributed by atoms with Crippen molar-refractivity contribution in [2.45, 2.75) is 51.1 Å². The molecule has 3 aliphatic rings. The molecule has 0 saturated carbocycles. The molecule has 2 saturated heterocycles. The summed E-state index contributed by atoms with van der Waals surface area (Å²) >= 11 is 7.28. The lowest BCUT2D eigenvalue weighted by Crippen LogP contribution is -2.61. The summed E-state index contributed by atoms with van der Waals surface area (Å²) in [5, 5.41) is 16.7. The number of carbonyl (C=O) groups is 1. The van der Waals surface area contributed by atoms with Crippen molar-refractivity contribution in [3.8, 4) is 28.3 Å². The Hall–Kier alpha value is -5.31. The van der Waals surface area contributed by atoms with Gasteiger partial charge in [-0.25, -0.2) is 24.5 Å². The number of aromatic nitrogens is 5. The number of nitrogens with one attached hydrogen (secondary N) is 2. The maximum Gasteiger partial charge on any atom is 0.332 e. The third-order valence-electron chi connectivity index (χ3n) is 11.6. The minimum atomic E-state index is -0.484. The van der Waals surface area contributed by atoms with Gasteiger partial charge in [0, 0.05) is 68.7 Å². The van der Waals surface area contributed by atoms with Crippen molar-refractivity contribution in [1.82, 2.24) is 39.2 Å². The molecule has 2 unspecified atom stereocenters. The number of ether oxygens (including phenoxy) is 1. The summed E-state index contributed by atoms with van der Waals surface area (Å²) in [4.78, 5) is 56.9. The maximum absolute atomic E-state index is 13.3. The molecular weight excluding hydrogens is 722 g/mol. The summed E-state index contributed by atoms with van der Waals surface area (Å²) in [6.07, 6.45) is 3.51. The normalized spacial score (nSPS) is 19.7. The molecule has 8 rings (SSSR count). The SMILES string of the molecule is COc1nc(-c2cccc(-c3cccc(Nc4nc(C)nc5c4c(=O)n(C)c(=O)n5C)c3C)c2Cl)cc2c1C(N1CCC3(CCN(CCO)C(=O)N3)C1)CC2. The van der Waals surface area contributed by atoms with Crippen LogP contribution < -0.4 is 26.6 Å². The van der Waals surface area contributed by atoms with Crippen molar-refractivity contribution < 1.29 is 14.6 Å². The highest BCUT2D eigenvalue weighted by molar-refractivity contribution is 6.36. The van der Waals surface area contributed by atoms with Crippen LogP contribution in [-0.2, 0) is 20.5 Å². The van der Waals surface area contributed by atoms with Crippen LogP contribution in [0.5, 0.6) is 5.88 Å². The second-order valence-electron chi connectivity index (χ2n) is 14.8. The van der Waals surface area contributed by atoms with Crippen molar-refractivity contribution >= 4 is 40.2 Å². The lowest BCUT2D eigenvalue weighted by atomic mass is 9.92. The van der Waals surface area contributed by atoms with E-state index in [4.69, 9.17) is 21.3 Å². The number of hydrogen-bond acceptors (Lipinski definition) is 10. The van der Waals surface area contributed by atoms with Gasteiger partial charge in [-0.1, -0.05) is 41.9 Å². The third kappa shape index (κ3) is 6.21. The minimum Gasteiger partial charge on any atom is -0.481 e. The van der Waals surface area contributed by atoms with Crippen LogP contribution in [-0.4, -0.2) is 90.5 Å². The number of pyridine rings is 1. The van der Waals surface area contributed by atoms with Gasteiger partial charge in [0.05, 0.1) is 30.0 Å². The summed E-state index contributed by atoms with van der Waals surface area (Å²) in [5.41, 5.74) is 6.11. The maximum atomic E-state index is 13.3. The average molecular weight is 766 g/mol. The predicted octanol–water partition coefficient (Wildman–Crippen LogP) is 4.62. The Morgan fingerprint density at radius 3 is 2.51 bits per heavy atom. The molecule has 3 N–H and O–H groups in total. The number of nitrogens with zero attached hydrogens (tertiary/aromatic N) is 7. The Balaban J connectivity index is 1.10. The quantitative estimate of drug-likeness (QED) is 0.204. The van der Waals surface area contributed by atoms with Gasteiger partial charge in [-0.05, 0) is 68.4 Å². The fourth-order valence-corrected chi connectivity index (χ4v) is 8.98. The van der Waals surface area contributed by atoms with E-state index in [9.17, 15) is 19.5 Å². The zero-order valence-corrected chi connectivity index (χ0v) is 32.3. The molecule has 0 bridgehead atoms. The number of anilines is 2. The van der Waals surface area contributed by atoms with Crippen LogP contribution in [0.3, 0.4) is 0 Å². The summed E-state index contributed by atoms with van der Waals surface area (Å²) < 4.78 is 8.38. The van der Waals surface area contributed by atoms with Gasteiger partial charge in [-0.3, -0.25) is 18.8 Å². The highest BCUT2D eigenvalue weighted by Crippen LogP contribution is 2.47. The second-order valence-corrected chi connectivity index (χ2v) is 15.2. The number of aryl methyl sites for hydroxylation is 3. The first-order valence-electron chi connectivity index (χ1n) is 18.5. The molecule has 2 fully saturated rings. The summed E-state index contributed by atoms with van der Waals surface area (Å²) in [6, 6.07) is 13.9. The molecule has 5 heterocycles. The topological polar surface area (TPSA) is 160 Å². The lowest BCUT2D eigenvalue weighted by molar-refractivity contribution is 0.127. The minimum absolute atomic E-state index is 0.0434. The van der Waals surface area contributed by atoms with E-state index in [0.717, 1.165) is 82.5 Å². The number of aliphatic hydroxyl groups excluding tert-OH is 1. The van der Waals surface area contributed by atoms with E-state index in [0.29, 0.717) is 35.6 Å². The number of urea groups is 1. The fourth-order valence-electron chi connectivity index (χ4n) is 8.66. The number of benzene rings is 2. The van der Waals surface area contributed by atoms with E-state index in [1.807, 2.05) is 43.3 Å². The van der Waals surface area contributed by atoms with Crippen LogP contribution in [0.15, 0.2) is 52.1 Å². The number of amides is 2. The zero-order chi connectivity index (χ0) is 38.8. The number of halogens is 1. The first kappa shape index (κ1) is 36.7. The number of likely N-dealkylation sites (tertiary alicyclic amines) is 1. The number of hydrogen-bond donors (Lipinski definition) is 3. The van der Waals surface area contributed by atoms with Crippen LogP contribution in [0.2, 0.25) is 5.02 Å². The highest BCUT2D eigenvalue weighted by Gasteiger charge is 2.46. The molecule has 3 aromatic heterocycles. The number of aliphatic hydroxyl groups is 1. The molecule has 1 spiro atoms. The smallest absolute Gasteiger partial charge is 0.332 e. The van der Waals surface area contributed by atoms with Crippen LogP contribution in [0.25, 0.3) is 33.4 Å². The standard InChI is InChI=1S/C40H44ClN9O5/c1-22-25(8-7-11-28(22)44-34-32-35(43-23(2)42-34)47(3)39(54)48(4)37(32)52)26-9-6-10-27(33(26)41)29-20-24-12-13-30(31(24)36(45-29)55-5)50-17-15-40(21-50)14-16-49(18-19-51)38(53)46-40/h6-11,20,30,51H,12-19,21H2,1-5H3,(H,46,53)(H,42,43,44). The molecule has 2 amide bonds. The van der Waals surface area contributed by atoms with Crippen LogP contribution in [0.1, 0.15) is 47.8 Å². The summed E-state index contributed by atoms with van der Waals surface area (Å²) in [7, 11) is 4.68. The monoisotopic (exact) mass is 765 g/mol. The van der Waals surface area contributed by atoms with E-state index in [2.05, 4.69) is 31.6 Å². The van der Waals surface area contributed by atoms with Crippen molar-refractivity contribution in [1.29, 1.82) is 0 Å². The van der Waals surface area contributed by atoms with E-state index < -0.39 is 11.2 Å². The Morgan fingerprint density at radius 2 is 1.75 bits per heavy atom. The van der Waals surface area contributed by atoms with Crippen molar-refractivity contribution in [3.05, 3.63) is 90.8 Å². The molecule has 2 atom stereocenters. The first-order chi connectivity index (χ1) is 26.4. The van der Waals surface area contributed by atoms with Gasteiger partial charge in [-0.2, -0.15) is 0 Å². The van der Waals surface area contributed by atoms with Crippen molar-refractivity contribution in [2.75, 3.05) is 45.2 Å². The number of rotatable bonds is 8. The van der Waals surface area contributed by atoms with Crippen molar-refractivity contribution in [3.63, 3.8) is 0 Å². The van der Waals surface area contributed by atoms with Crippen LogP contribution >= 0.6 is 11.6 Å². The Labute approximate surface area is 322 Å². The van der Waals surface area contributed by atoms with E-state index in [1.54, 1.807) is 26.0 Å². The lowest BCUT2D eigenvalue weighted by Gasteiger charge is -2.40. The van der Waals surface area contributed by atoms with Crippen molar-refractivity contribution in [2.24, 2.45) is 14.1 Å². The van der Waals surface area contributed by atoms with Gasteiger partial charge in [0.25, 0.3) is 5.56 Å². The van der Waals surface area contributed by atoms with Gasteiger partial charge in [0.2, 0.25) is 5.88 Å². The summed E-state index contributed by atoms with van der Waals surface area (Å²) in [6.45, 7) is 6.26. The molecule has 15 heteroatoms. The van der Waals surface area contributed by atoms with Gasteiger partial charge >= 0.3 is 11.7 Å². The van der Waals surface area contributed by atoms with Crippen LogP contribution in [0.4, 0.5) is 16.3 Å². The largest absolute Gasteiger partial charge is 0.481 e. The molecule has 55 heavy (non-hydrogen) atoms. The third-order valence-corrected chi connectivity index (χ3v) is 12.0. The number of β-amino-alcohol motifs (C(OH)–C–C–N with tert-alkyl or cyclic N) is 1. The second kappa shape index (κ2) is 14.1. The zero-order valence-electron chi connectivity index (χ0n) is 31.6. The van der Waals surface area contributed by atoms with Gasteiger partial charge < -0.3 is 25.4 Å². The first-order valence-corrected chi connectivity index (χ1v) is 18.9. The van der Waals surface area contributed by atoms with Gasteiger partial charge in [0.15, 0.2) is 5.65 Å². The predicted molar refractivity (Wildman–Crippen MR) is 211 cm³/mol. The molecular formula is C40H44ClN9O5. The van der Waals surface area contributed by atoms with Gasteiger partial charge in [0.1, 0.15) is 17.0 Å². The Kier molecular flexibility index (Phi) is 9.38. The number of methoxy groups -OCH3 is 1. The van der Waals surface area contributed by atoms with Crippen LogP contribution in [0, 0.1) is 13.8 Å². The molecule has 14 nitrogen and oxygen atoms in total. The molecule has 286 valence electrons. The Bertz CT molecular complexity index is 2500. The molecule has 2 aliphatic heterocycles. The summed E-state index contributed by atoms with van der Waals surface area (Å²) in [5.74, 6) is 1.31.